The van der Waals surface area contributed by atoms with Crippen LogP contribution < -0.4 is 0 Å². The molecular formula is C13H21N. The highest BCUT2D eigenvalue weighted by Crippen LogP contribution is 2.29. The van der Waals surface area contributed by atoms with Crippen LogP contribution in [0.15, 0.2) is 16.6 Å². The summed E-state index contributed by atoms with van der Waals surface area (Å²) in [6.45, 7) is 0.936. The number of hydrogen-bond acceptors (Lipinski definition) is 1. The summed E-state index contributed by atoms with van der Waals surface area (Å²) in [4.78, 5) is 4.26. The van der Waals surface area contributed by atoms with Gasteiger partial charge in [0.2, 0.25) is 0 Å². The molecule has 1 fully saturated rings. The van der Waals surface area contributed by atoms with Crippen LogP contribution in [0.25, 0.3) is 0 Å². The van der Waals surface area contributed by atoms with Crippen LogP contribution in [0.4, 0.5) is 0 Å². The zero-order valence-electron chi connectivity index (χ0n) is 9.04. The van der Waals surface area contributed by atoms with E-state index in [-0.39, 0.29) is 0 Å². The number of nitrogens with zero attached hydrogens (tertiary/aromatic N) is 1. The summed E-state index contributed by atoms with van der Waals surface area (Å²) < 4.78 is 0. The lowest BCUT2D eigenvalue weighted by atomic mass is 9.84. The van der Waals surface area contributed by atoms with Crippen LogP contribution in [0.3, 0.4) is 0 Å². The fraction of sp³-hybridized carbons (Fsp3) is 0.769. The molecule has 2 rings (SSSR count). The quantitative estimate of drug-likeness (QED) is 0.560. The van der Waals surface area contributed by atoms with Crippen molar-refractivity contribution in [3.8, 4) is 0 Å². The van der Waals surface area contributed by atoms with Gasteiger partial charge in [-0.15, -0.1) is 0 Å². The molecule has 0 N–H and O–H groups in total. The summed E-state index contributed by atoms with van der Waals surface area (Å²) in [5, 5.41) is 0. The zero-order valence-corrected chi connectivity index (χ0v) is 9.04. The molecule has 1 aliphatic heterocycles. The van der Waals surface area contributed by atoms with E-state index in [0.717, 1.165) is 18.9 Å². The van der Waals surface area contributed by atoms with Gasteiger partial charge in [0.1, 0.15) is 0 Å². The monoisotopic (exact) mass is 191 g/mol. The first kappa shape index (κ1) is 9.95. The number of rotatable bonds is 1. The van der Waals surface area contributed by atoms with E-state index >= 15 is 0 Å². The molecule has 0 bridgehead atoms. The van der Waals surface area contributed by atoms with Gasteiger partial charge in [-0.05, 0) is 18.8 Å². The fourth-order valence-electron chi connectivity index (χ4n) is 2.66. The molecule has 0 unspecified atom stereocenters. The van der Waals surface area contributed by atoms with Crippen LogP contribution >= 0.6 is 0 Å². The Kier molecular flexibility index (Phi) is 3.79. The number of aliphatic imine (C=N–C) groups is 1. The molecule has 0 aromatic heterocycles. The molecule has 0 aromatic rings. The maximum Gasteiger partial charge on any atom is 0.0569 e. The Morgan fingerprint density at radius 2 is 1.71 bits per heavy atom. The highest BCUT2D eigenvalue weighted by Gasteiger charge is 2.15. The average Bonchev–Trinajstić information content (AvgIpc) is 2.18. The Morgan fingerprint density at radius 3 is 2.36 bits per heavy atom. The average molecular weight is 191 g/mol. The SMILES string of the molecule is C1=NCC=C(C2CCCCCCC2)C1. The van der Waals surface area contributed by atoms with E-state index in [1.807, 2.05) is 0 Å². The Bertz CT molecular complexity index is 219. The summed E-state index contributed by atoms with van der Waals surface area (Å²) in [5.74, 6) is 0.891. The first-order valence-corrected chi connectivity index (χ1v) is 6.14. The van der Waals surface area contributed by atoms with Crippen molar-refractivity contribution in [3.63, 3.8) is 0 Å². The number of allylic oxidation sites excluding steroid dienone is 1. The van der Waals surface area contributed by atoms with Gasteiger partial charge < -0.3 is 0 Å². The minimum Gasteiger partial charge on any atom is -0.293 e. The molecule has 1 saturated carbocycles. The molecule has 0 aromatic carbocycles. The third-order valence-electron chi connectivity index (χ3n) is 3.54. The maximum absolute atomic E-state index is 4.26. The Balaban J connectivity index is 1.90. The summed E-state index contributed by atoms with van der Waals surface area (Å²) in [7, 11) is 0. The van der Waals surface area contributed by atoms with E-state index in [0.29, 0.717) is 0 Å². The topological polar surface area (TPSA) is 12.4 Å². The number of hydrogen-bond donors (Lipinski definition) is 0. The van der Waals surface area contributed by atoms with Crippen LogP contribution in [0.5, 0.6) is 0 Å². The minimum absolute atomic E-state index is 0.891. The molecule has 1 heteroatoms. The van der Waals surface area contributed by atoms with Gasteiger partial charge >= 0.3 is 0 Å². The van der Waals surface area contributed by atoms with Crippen LogP contribution in [0.2, 0.25) is 0 Å². The van der Waals surface area contributed by atoms with Crippen LogP contribution in [-0.2, 0) is 0 Å². The van der Waals surface area contributed by atoms with E-state index in [9.17, 15) is 0 Å². The van der Waals surface area contributed by atoms with Crippen molar-refractivity contribution in [2.75, 3.05) is 6.54 Å². The van der Waals surface area contributed by atoms with Crippen LogP contribution in [0.1, 0.15) is 51.4 Å². The molecule has 0 atom stereocenters. The summed E-state index contributed by atoms with van der Waals surface area (Å²) in [5.41, 5.74) is 1.68. The molecule has 0 amide bonds. The first-order valence-electron chi connectivity index (χ1n) is 6.14. The third-order valence-corrected chi connectivity index (χ3v) is 3.54. The molecule has 0 spiro atoms. The fourth-order valence-corrected chi connectivity index (χ4v) is 2.66. The van der Waals surface area contributed by atoms with Gasteiger partial charge in [0.25, 0.3) is 0 Å². The molecule has 1 nitrogen and oxygen atoms in total. The molecule has 1 heterocycles. The molecule has 2 aliphatic rings. The first-order chi connectivity index (χ1) is 6.97. The Morgan fingerprint density at radius 1 is 1.00 bits per heavy atom. The zero-order chi connectivity index (χ0) is 9.64. The molecular weight excluding hydrogens is 170 g/mol. The summed E-state index contributed by atoms with van der Waals surface area (Å²) >= 11 is 0. The van der Waals surface area contributed by atoms with Crippen LogP contribution in [-0.4, -0.2) is 12.8 Å². The van der Waals surface area contributed by atoms with E-state index in [1.165, 1.54) is 44.9 Å². The lowest BCUT2D eigenvalue weighted by Crippen LogP contribution is -2.10. The molecule has 0 radical (unpaired) electrons. The van der Waals surface area contributed by atoms with Crippen molar-refractivity contribution >= 4 is 6.21 Å². The maximum atomic E-state index is 4.26. The predicted octanol–water partition coefficient (Wildman–Crippen LogP) is 3.75. The summed E-state index contributed by atoms with van der Waals surface area (Å²) in [6, 6.07) is 0. The number of dihydropyridines is 1. The van der Waals surface area contributed by atoms with E-state index < -0.39 is 0 Å². The minimum atomic E-state index is 0.891. The van der Waals surface area contributed by atoms with Gasteiger partial charge in [-0.25, -0.2) is 0 Å². The lowest BCUT2D eigenvalue weighted by Gasteiger charge is -2.23. The van der Waals surface area contributed by atoms with Gasteiger partial charge in [0.05, 0.1) is 6.54 Å². The molecule has 1 aliphatic carbocycles. The summed E-state index contributed by atoms with van der Waals surface area (Å²) in [6.07, 6.45) is 15.7. The van der Waals surface area contributed by atoms with Gasteiger partial charge in [-0.1, -0.05) is 43.8 Å². The van der Waals surface area contributed by atoms with Gasteiger partial charge in [0, 0.05) is 12.6 Å². The van der Waals surface area contributed by atoms with Crippen molar-refractivity contribution < 1.29 is 0 Å². The normalized spacial score (nSPS) is 25.3. The van der Waals surface area contributed by atoms with Gasteiger partial charge in [-0.2, -0.15) is 0 Å². The predicted molar refractivity (Wildman–Crippen MR) is 61.9 cm³/mol. The third kappa shape index (κ3) is 2.70. The highest BCUT2D eigenvalue weighted by molar-refractivity contribution is 5.63. The molecule has 14 heavy (non-hydrogen) atoms. The van der Waals surface area contributed by atoms with E-state index in [4.69, 9.17) is 0 Å². The van der Waals surface area contributed by atoms with E-state index in [1.54, 1.807) is 5.57 Å². The van der Waals surface area contributed by atoms with Gasteiger partial charge in [0.15, 0.2) is 0 Å². The Hall–Kier alpha value is -0.590. The second-order valence-corrected chi connectivity index (χ2v) is 4.57. The smallest absolute Gasteiger partial charge is 0.0569 e. The van der Waals surface area contributed by atoms with Crippen molar-refractivity contribution in [2.45, 2.75) is 51.4 Å². The molecule has 0 saturated heterocycles. The highest BCUT2D eigenvalue weighted by atomic mass is 14.7. The van der Waals surface area contributed by atoms with Crippen molar-refractivity contribution in [1.29, 1.82) is 0 Å². The van der Waals surface area contributed by atoms with Crippen LogP contribution in [0, 0.1) is 5.92 Å². The van der Waals surface area contributed by atoms with Crippen molar-refractivity contribution in [1.82, 2.24) is 0 Å². The Labute approximate surface area is 87.3 Å². The van der Waals surface area contributed by atoms with Crippen molar-refractivity contribution in [3.05, 3.63) is 11.6 Å². The van der Waals surface area contributed by atoms with E-state index in [2.05, 4.69) is 17.3 Å². The second kappa shape index (κ2) is 5.33. The standard InChI is InChI=1S/C13H21N/c1-2-4-6-12(7-5-3-1)13-8-10-14-11-9-13/h8,11-12H,1-7,9-10H2. The largest absolute Gasteiger partial charge is 0.293 e. The van der Waals surface area contributed by atoms with Crippen molar-refractivity contribution in [2.24, 2.45) is 10.9 Å². The molecule has 78 valence electrons. The second-order valence-electron chi connectivity index (χ2n) is 4.57. The lowest BCUT2D eigenvalue weighted by molar-refractivity contribution is 0.416. The van der Waals surface area contributed by atoms with Gasteiger partial charge in [-0.3, -0.25) is 4.99 Å².